The van der Waals surface area contributed by atoms with Crippen LogP contribution >= 0.6 is 0 Å². The molecular formula is C16H15N5O4. The van der Waals surface area contributed by atoms with Crippen LogP contribution in [-0.4, -0.2) is 51.8 Å². The van der Waals surface area contributed by atoms with Gasteiger partial charge in [-0.25, -0.2) is 9.97 Å². The quantitative estimate of drug-likeness (QED) is 0.717. The lowest BCUT2D eigenvalue weighted by Crippen LogP contribution is -2.36. The SMILES string of the molecule is CN(CCNC(=O)c1cocn1)C(=O)c1coc(-c2cccnc2)n1. The van der Waals surface area contributed by atoms with Crippen LogP contribution in [0.5, 0.6) is 0 Å². The van der Waals surface area contributed by atoms with Gasteiger partial charge in [-0.15, -0.1) is 0 Å². The lowest BCUT2D eigenvalue weighted by molar-refractivity contribution is 0.0781. The van der Waals surface area contributed by atoms with Gasteiger partial charge < -0.3 is 19.1 Å². The first kappa shape index (κ1) is 16.4. The van der Waals surface area contributed by atoms with E-state index in [1.807, 2.05) is 0 Å². The fourth-order valence-electron chi connectivity index (χ4n) is 2.04. The summed E-state index contributed by atoms with van der Waals surface area (Å²) in [6.45, 7) is 0.568. The number of nitrogens with one attached hydrogen (secondary N) is 1. The first-order valence-electron chi connectivity index (χ1n) is 7.43. The van der Waals surface area contributed by atoms with Crippen LogP contribution in [0.3, 0.4) is 0 Å². The van der Waals surface area contributed by atoms with Crippen LogP contribution in [-0.2, 0) is 0 Å². The number of carbonyl (C=O) groups is 2. The Morgan fingerprint density at radius 1 is 1.28 bits per heavy atom. The van der Waals surface area contributed by atoms with Gasteiger partial charge in [0.2, 0.25) is 5.89 Å². The molecular weight excluding hydrogens is 326 g/mol. The number of hydrogen-bond acceptors (Lipinski definition) is 7. The maximum Gasteiger partial charge on any atom is 0.275 e. The van der Waals surface area contributed by atoms with E-state index in [4.69, 9.17) is 8.83 Å². The summed E-state index contributed by atoms with van der Waals surface area (Å²) in [6, 6.07) is 3.54. The number of nitrogens with zero attached hydrogens (tertiary/aromatic N) is 4. The Balaban J connectivity index is 1.54. The number of hydrogen-bond donors (Lipinski definition) is 1. The van der Waals surface area contributed by atoms with Crippen molar-refractivity contribution >= 4 is 11.8 Å². The molecule has 0 aliphatic rings. The van der Waals surface area contributed by atoms with Crippen molar-refractivity contribution < 1.29 is 18.4 Å². The number of amides is 2. The zero-order valence-corrected chi connectivity index (χ0v) is 13.4. The molecule has 128 valence electrons. The Morgan fingerprint density at radius 3 is 2.88 bits per heavy atom. The third kappa shape index (κ3) is 3.89. The molecule has 0 aliphatic carbocycles. The molecule has 9 heteroatoms. The van der Waals surface area contributed by atoms with Gasteiger partial charge in [-0.3, -0.25) is 14.6 Å². The van der Waals surface area contributed by atoms with Crippen molar-refractivity contribution in [2.75, 3.05) is 20.1 Å². The molecule has 0 saturated heterocycles. The summed E-state index contributed by atoms with van der Waals surface area (Å²) >= 11 is 0. The molecule has 2 amide bonds. The summed E-state index contributed by atoms with van der Waals surface area (Å²) in [5, 5.41) is 2.65. The number of likely N-dealkylation sites (N-methyl/N-ethyl adjacent to an activating group) is 1. The fourth-order valence-corrected chi connectivity index (χ4v) is 2.04. The van der Waals surface area contributed by atoms with Crippen LogP contribution in [0.1, 0.15) is 21.0 Å². The van der Waals surface area contributed by atoms with Gasteiger partial charge in [0.1, 0.15) is 12.5 Å². The molecule has 0 unspecified atom stereocenters. The molecule has 0 saturated carbocycles. The molecule has 0 fully saturated rings. The topological polar surface area (TPSA) is 114 Å². The highest BCUT2D eigenvalue weighted by Crippen LogP contribution is 2.17. The maximum atomic E-state index is 12.3. The number of oxazole rings is 2. The van der Waals surface area contributed by atoms with Crippen molar-refractivity contribution in [1.29, 1.82) is 0 Å². The predicted molar refractivity (Wildman–Crippen MR) is 85.5 cm³/mol. The van der Waals surface area contributed by atoms with Crippen LogP contribution in [0.2, 0.25) is 0 Å². The lowest BCUT2D eigenvalue weighted by atomic mass is 10.3. The predicted octanol–water partition coefficient (Wildman–Crippen LogP) is 1.23. The Labute approximate surface area is 142 Å². The van der Waals surface area contributed by atoms with Gasteiger partial charge in [0.25, 0.3) is 11.8 Å². The van der Waals surface area contributed by atoms with E-state index >= 15 is 0 Å². The van der Waals surface area contributed by atoms with Crippen molar-refractivity contribution in [3.05, 3.63) is 54.8 Å². The van der Waals surface area contributed by atoms with Crippen molar-refractivity contribution in [1.82, 2.24) is 25.2 Å². The van der Waals surface area contributed by atoms with Crippen molar-refractivity contribution in [2.45, 2.75) is 0 Å². The monoisotopic (exact) mass is 341 g/mol. The van der Waals surface area contributed by atoms with E-state index in [1.165, 1.54) is 23.8 Å². The Kier molecular flexibility index (Phi) is 4.84. The summed E-state index contributed by atoms with van der Waals surface area (Å²) in [7, 11) is 1.61. The zero-order valence-electron chi connectivity index (χ0n) is 13.4. The highest BCUT2D eigenvalue weighted by molar-refractivity contribution is 5.93. The summed E-state index contributed by atoms with van der Waals surface area (Å²) in [5.41, 5.74) is 1.06. The molecule has 0 bridgehead atoms. The normalized spacial score (nSPS) is 10.4. The van der Waals surface area contributed by atoms with Gasteiger partial charge in [0, 0.05) is 32.5 Å². The number of rotatable bonds is 6. The molecule has 3 heterocycles. The highest BCUT2D eigenvalue weighted by Gasteiger charge is 2.17. The number of aromatic nitrogens is 3. The van der Waals surface area contributed by atoms with Gasteiger partial charge in [-0.1, -0.05) is 0 Å². The summed E-state index contributed by atoms with van der Waals surface area (Å²) < 4.78 is 10.1. The molecule has 3 aromatic heterocycles. The Hall–Kier alpha value is -3.49. The molecule has 25 heavy (non-hydrogen) atoms. The second-order valence-electron chi connectivity index (χ2n) is 5.14. The summed E-state index contributed by atoms with van der Waals surface area (Å²) in [5.74, 6) is -0.353. The van der Waals surface area contributed by atoms with Gasteiger partial charge in [0.05, 0.1) is 5.56 Å². The van der Waals surface area contributed by atoms with Crippen LogP contribution in [0.4, 0.5) is 0 Å². The minimum atomic E-state index is -0.366. The lowest BCUT2D eigenvalue weighted by Gasteiger charge is -2.15. The van der Waals surface area contributed by atoms with Gasteiger partial charge >= 0.3 is 0 Å². The van der Waals surface area contributed by atoms with E-state index in [1.54, 1.807) is 31.6 Å². The van der Waals surface area contributed by atoms with E-state index in [0.29, 0.717) is 18.0 Å². The van der Waals surface area contributed by atoms with E-state index in [2.05, 4.69) is 20.3 Å². The smallest absolute Gasteiger partial charge is 0.275 e. The maximum absolute atomic E-state index is 12.3. The minimum Gasteiger partial charge on any atom is -0.451 e. The average Bonchev–Trinajstić information content (AvgIpc) is 3.33. The zero-order chi connectivity index (χ0) is 17.6. The van der Waals surface area contributed by atoms with E-state index in [0.717, 1.165) is 0 Å². The minimum absolute atomic E-state index is 0.184. The highest BCUT2D eigenvalue weighted by atomic mass is 16.3. The number of pyridine rings is 1. The molecule has 3 aromatic rings. The average molecular weight is 341 g/mol. The first-order valence-corrected chi connectivity index (χ1v) is 7.43. The van der Waals surface area contributed by atoms with Crippen molar-refractivity contribution in [3.63, 3.8) is 0 Å². The standard InChI is InChI=1S/C16H15N5O4/c1-21(6-5-18-14(22)12-8-24-10-19-12)16(23)13-9-25-15(20-13)11-3-2-4-17-7-11/h2-4,7-10H,5-6H2,1H3,(H,18,22). The molecule has 0 aliphatic heterocycles. The third-order valence-electron chi connectivity index (χ3n) is 3.38. The second-order valence-corrected chi connectivity index (χ2v) is 5.14. The van der Waals surface area contributed by atoms with E-state index in [9.17, 15) is 9.59 Å². The van der Waals surface area contributed by atoms with Gasteiger partial charge in [-0.2, -0.15) is 0 Å². The third-order valence-corrected chi connectivity index (χ3v) is 3.38. The van der Waals surface area contributed by atoms with E-state index in [-0.39, 0.29) is 29.7 Å². The summed E-state index contributed by atoms with van der Waals surface area (Å²) in [6.07, 6.45) is 6.96. The van der Waals surface area contributed by atoms with Gasteiger partial charge in [0.15, 0.2) is 17.8 Å². The van der Waals surface area contributed by atoms with Crippen LogP contribution in [0.15, 0.2) is 52.3 Å². The second kappa shape index (κ2) is 7.39. The largest absolute Gasteiger partial charge is 0.451 e. The van der Waals surface area contributed by atoms with Crippen LogP contribution < -0.4 is 5.32 Å². The molecule has 1 N–H and O–H groups in total. The molecule has 0 spiro atoms. The Morgan fingerprint density at radius 2 is 2.16 bits per heavy atom. The fraction of sp³-hybridized carbons (Fsp3) is 0.188. The molecule has 0 atom stereocenters. The van der Waals surface area contributed by atoms with Crippen molar-refractivity contribution in [3.8, 4) is 11.5 Å². The van der Waals surface area contributed by atoms with E-state index < -0.39 is 0 Å². The molecule has 9 nitrogen and oxygen atoms in total. The molecule has 0 radical (unpaired) electrons. The summed E-state index contributed by atoms with van der Waals surface area (Å²) in [4.78, 5) is 37.4. The van der Waals surface area contributed by atoms with Gasteiger partial charge in [-0.05, 0) is 12.1 Å². The van der Waals surface area contributed by atoms with Crippen molar-refractivity contribution in [2.24, 2.45) is 0 Å². The van der Waals surface area contributed by atoms with Crippen LogP contribution in [0.25, 0.3) is 11.5 Å². The Bertz CT molecular complexity index is 845. The first-order chi connectivity index (χ1) is 12.1. The molecule has 0 aromatic carbocycles. The van der Waals surface area contributed by atoms with Crippen LogP contribution in [0, 0.1) is 0 Å². The number of carbonyl (C=O) groups excluding carboxylic acids is 2. The molecule has 3 rings (SSSR count).